The van der Waals surface area contributed by atoms with Crippen molar-refractivity contribution in [2.75, 3.05) is 33.9 Å². The molecule has 0 N–H and O–H groups in total. The number of nitrogens with zero attached hydrogens (tertiary/aromatic N) is 1. The number of methoxy groups -OCH3 is 1. The Hall–Kier alpha value is -3.93. The second-order valence-electron chi connectivity index (χ2n) is 12.0. The number of rotatable bonds is 14. The number of hydrogen-bond donors (Lipinski definition) is 0. The van der Waals surface area contributed by atoms with Crippen LogP contribution in [-0.4, -0.2) is 50.9 Å². The van der Waals surface area contributed by atoms with Crippen molar-refractivity contribution in [1.29, 1.82) is 0 Å². The summed E-state index contributed by atoms with van der Waals surface area (Å²) >= 11 is 0. The molecule has 2 atom stereocenters. The summed E-state index contributed by atoms with van der Waals surface area (Å²) in [6.45, 7) is 5.74. The van der Waals surface area contributed by atoms with Crippen LogP contribution in [0.15, 0.2) is 91.0 Å². The number of fused-ring (bicyclic) bond motifs is 2. The Balaban J connectivity index is 1.33. The van der Waals surface area contributed by atoms with Crippen LogP contribution in [-0.2, 0) is 40.0 Å². The molecule has 0 spiro atoms. The molecule has 5 nitrogen and oxygen atoms in total. The second kappa shape index (κ2) is 15.9. The highest BCUT2D eigenvalue weighted by atomic mass is 16.6. The normalized spacial score (nSPS) is 14.7. The monoisotopic (exact) mass is 605 g/mol. The van der Waals surface area contributed by atoms with E-state index in [1.54, 1.807) is 6.92 Å². The van der Waals surface area contributed by atoms with Crippen molar-refractivity contribution >= 4 is 5.97 Å². The lowest BCUT2D eigenvalue weighted by Crippen LogP contribution is -2.30. The number of ether oxygens (including phenoxy) is 3. The Morgan fingerprint density at radius 3 is 2.33 bits per heavy atom. The van der Waals surface area contributed by atoms with Gasteiger partial charge in [-0.15, -0.1) is 0 Å². The van der Waals surface area contributed by atoms with Crippen molar-refractivity contribution in [3.8, 4) is 16.9 Å². The molecule has 45 heavy (non-hydrogen) atoms. The van der Waals surface area contributed by atoms with Gasteiger partial charge in [0.05, 0.1) is 12.6 Å². The SMILES string of the molecule is CCCCc1ccc2c(c1)C(N(C)CCOc1ccc(CC(OC)C(=O)OCC)cc1)c1ccc(-c3ccccc3)cc1CC2. The first-order chi connectivity index (χ1) is 22.0. The molecule has 0 radical (unpaired) electrons. The molecule has 1 aliphatic carbocycles. The molecular formula is C40H47NO4. The lowest BCUT2D eigenvalue weighted by Gasteiger charge is -2.31. The smallest absolute Gasteiger partial charge is 0.335 e. The van der Waals surface area contributed by atoms with Gasteiger partial charge in [-0.1, -0.05) is 92.2 Å². The van der Waals surface area contributed by atoms with Crippen LogP contribution in [0.5, 0.6) is 5.75 Å². The van der Waals surface area contributed by atoms with Crippen molar-refractivity contribution in [2.24, 2.45) is 0 Å². The minimum atomic E-state index is -0.609. The third-order valence-corrected chi connectivity index (χ3v) is 8.86. The zero-order chi connectivity index (χ0) is 31.6. The Bertz CT molecular complexity index is 1530. The molecule has 0 saturated heterocycles. The van der Waals surface area contributed by atoms with Gasteiger partial charge in [0.15, 0.2) is 6.10 Å². The molecule has 0 saturated carbocycles. The molecule has 0 fully saturated rings. The van der Waals surface area contributed by atoms with Gasteiger partial charge in [-0.2, -0.15) is 0 Å². The van der Waals surface area contributed by atoms with Crippen LogP contribution < -0.4 is 4.74 Å². The summed E-state index contributed by atoms with van der Waals surface area (Å²) in [4.78, 5) is 14.6. The van der Waals surface area contributed by atoms with Crippen molar-refractivity contribution < 1.29 is 19.0 Å². The summed E-state index contributed by atoms with van der Waals surface area (Å²) in [7, 11) is 3.76. The maximum absolute atomic E-state index is 12.1. The van der Waals surface area contributed by atoms with E-state index >= 15 is 0 Å². The lowest BCUT2D eigenvalue weighted by molar-refractivity contribution is -0.154. The predicted molar refractivity (Wildman–Crippen MR) is 182 cm³/mol. The summed E-state index contributed by atoms with van der Waals surface area (Å²) in [6, 6.07) is 33.0. The Kier molecular flexibility index (Phi) is 11.5. The van der Waals surface area contributed by atoms with E-state index in [2.05, 4.69) is 85.6 Å². The number of benzene rings is 4. The predicted octanol–water partition coefficient (Wildman–Crippen LogP) is 8.02. The lowest BCUT2D eigenvalue weighted by atomic mass is 9.90. The number of unbranched alkanes of at least 4 members (excludes halogenated alkanes) is 1. The maximum Gasteiger partial charge on any atom is 0.335 e. The molecule has 0 heterocycles. The fraction of sp³-hybridized carbons (Fsp3) is 0.375. The number of aryl methyl sites for hydroxylation is 3. The first-order valence-electron chi connectivity index (χ1n) is 16.4. The molecule has 0 aliphatic heterocycles. The first-order valence-corrected chi connectivity index (χ1v) is 16.4. The minimum absolute atomic E-state index is 0.156. The maximum atomic E-state index is 12.1. The van der Waals surface area contributed by atoms with E-state index in [1.165, 1.54) is 58.9 Å². The highest BCUT2D eigenvalue weighted by molar-refractivity contribution is 5.75. The Morgan fingerprint density at radius 1 is 0.844 bits per heavy atom. The third-order valence-electron chi connectivity index (χ3n) is 8.86. The van der Waals surface area contributed by atoms with E-state index < -0.39 is 6.10 Å². The molecule has 0 aromatic heterocycles. The average Bonchev–Trinajstić information content (AvgIpc) is 3.23. The van der Waals surface area contributed by atoms with Crippen LogP contribution in [0.4, 0.5) is 0 Å². The van der Waals surface area contributed by atoms with E-state index in [1.807, 2.05) is 24.3 Å². The molecule has 4 aromatic carbocycles. The second-order valence-corrected chi connectivity index (χ2v) is 12.0. The largest absolute Gasteiger partial charge is 0.492 e. The van der Waals surface area contributed by atoms with E-state index in [9.17, 15) is 4.79 Å². The molecule has 4 aromatic rings. The highest BCUT2D eigenvalue weighted by Gasteiger charge is 2.28. The zero-order valence-corrected chi connectivity index (χ0v) is 27.3. The molecule has 236 valence electrons. The quantitative estimate of drug-likeness (QED) is 0.136. The van der Waals surface area contributed by atoms with Crippen molar-refractivity contribution in [3.63, 3.8) is 0 Å². The summed E-state index contributed by atoms with van der Waals surface area (Å²) < 4.78 is 16.7. The number of hydrogen-bond acceptors (Lipinski definition) is 5. The van der Waals surface area contributed by atoms with Gasteiger partial charge >= 0.3 is 5.97 Å². The fourth-order valence-electron chi connectivity index (χ4n) is 6.34. The van der Waals surface area contributed by atoms with Crippen LogP contribution in [0.1, 0.15) is 66.1 Å². The fourth-order valence-corrected chi connectivity index (χ4v) is 6.34. The number of carbonyl (C=O) groups is 1. The molecule has 1 aliphatic rings. The van der Waals surface area contributed by atoms with Gasteiger partial charge in [0.25, 0.3) is 0 Å². The molecule has 2 unspecified atom stereocenters. The van der Waals surface area contributed by atoms with Crippen molar-refractivity contribution in [2.45, 2.75) is 64.5 Å². The van der Waals surface area contributed by atoms with Crippen LogP contribution in [0.3, 0.4) is 0 Å². The highest BCUT2D eigenvalue weighted by Crippen LogP contribution is 2.38. The zero-order valence-electron chi connectivity index (χ0n) is 27.3. The first kappa shape index (κ1) is 32.5. The number of likely N-dealkylation sites (N-methyl/N-ethyl adjacent to an activating group) is 1. The molecule has 0 bridgehead atoms. The van der Waals surface area contributed by atoms with Crippen LogP contribution >= 0.6 is 0 Å². The van der Waals surface area contributed by atoms with Crippen molar-refractivity contribution in [3.05, 3.63) is 124 Å². The average molecular weight is 606 g/mol. The molecule has 5 heteroatoms. The van der Waals surface area contributed by atoms with Gasteiger partial charge < -0.3 is 14.2 Å². The van der Waals surface area contributed by atoms with Crippen LogP contribution in [0.25, 0.3) is 11.1 Å². The van der Waals surface area contributed by atoms with Gasteiger partial charge in [0.1, 0.15) is 12.4 Å². The summed E-state index contributed by atoms with van der Waals surface area (Å²) in [5.41, 5.74) is 10.6. The molecule has 5 rings (SSSR count). The molecular weight excluding hydrogens is 558 g/mol. The summed E-state index contributed by atoms with van der Waals surface area (Å²) in [5.74, 6) is 0.479. The van der Waals surface area contributed by atoms with Gasteiger partial charge in [-0.3, -0.25) is 4.90 Å². The minimum Gasteiger partial charge on any atom is -0.492 e. The van der Waals surface area contributed by atoms with Gasteiger partial charge in [-0.05, 0) is 96.3 Å². The van der Waals surface area contributed by atoms with Crippen LogP contribution in [0, 0.1) is 0 Å². The molecule has 0 amide bonds. The van der Waals surface area contributed by atoms with E-state index in [4.69, 9.17) is 14.2 Å². The summed E-state index contributed by atoms with van der Waals surface area (Å²) in [5, 5.41) is 0. The van der Waals surface area contributed by atoms with Crippen LogP contribution in [0.2, 0.25) is 0 Å². The Morgan fingerprint density at radius 2 is 1.60 bits per heavy atom. The van der Waals surface area contributed by atoms with Gasteiger partial charge in [0.2, 0.25) is 0 Å². The van der Waals surface area contributed by atoms with Gasteiger partial charge in [-0.25, -0.2) is 4.79 Å². The summed E-state index contributed by atoms with van der Waals surface area (Å²) in [6.07, 6.45) is 5.45. The van der Waals surface area contributed by atoms with E-state index in [0.29, 0.717) is 19.6 Å². The standard InChI is InChI=1S/C40H47NO4/c1-5-7-11-29-14-17-32-18-19-34-28-33(31-12-9-8-10-13-31)20-23-36(34)39(37(32)26-29)41(3)24-25-45-35-21-15-30(16-22-35)27-38(43-4)40(42)44-6-2/h8-10,12-17,20-23,26,28,38-39H,5-7,11,18-19,24-25,27H2,1-4H3. The third kappa shape index (κ3) is 8.22. The van der Waals surface area contributed by atoms with E-state index in [0.717, 1.165) is 37.1 Å². The number of carbonyl (C=O) groups excluding carboxylic acids is 1. The van der Waals surface area contributed by atoms with E-state index in [-0.39, 0.29) is 12.0 Å². The number of esters is 1. The Labute approximate surface area is 269 Å². The van der Waals surface area contributed by atoms with Gasteiger partial charge in [0, 0.05) is 20.1 Å². The van der Waals surface area contributed by atoms with Crippen molar-refractivity contribution in [1.82, 2.24) is 4.90 Å². The topological polar surface area (TPSA) is 48.0 Å².